The molecule has 0 aliphatic rings. The van der Waals surface area contributed by atoms with Gasteiger partial charge in [-0.25, -0.2) is 0 Å². The Bertz CT molecular complexity index is 537. The fourth-order valence-electron chi connectivity index (χ4n) is 1.81. The maximum atomic E-state index is 11.6. The van der Waals surface area contributed by atoms with Gasteiger partial charge < -0.3 is 0 Å². The zero-order valence-electron chi connectivity index (χ0n) is 10.4. The van der Waals surface area contributed by atoms with Crippen LogP contribution in [0.1, 0.15) is 41.9 Å². The van der Waals surface area contributed by atoms with Crippen molar-refractivity contribution in [3.63, 3.8) is 0 Å². The first kappa shape index (κ1) is 12.1. The number of Topliss-reactive ketones (excluding diaryl/α,β-unsaturated/α-hetero) is 1. The monoisotopic (exact) mass is 244 g/mol. The lowest BCUT2D eigenvalue weighted by Crippen LogP contribution is -1.94. The Morgan fingerprint density at radius 3 is 2.41 bits per heavy atom. The van der Waals surface area contributed by atoms with Crippen molar-refractivity contribution >= 4 is 17.1 Å². The Balaban J connectivity index is 2.49. The van der Waals surface area contributed by atoms with Gasteiger partial charge in [-0.05, 0) is 25.0 Å². The predicted molar refractivity (Wildman–Crippen MR) is 73.8 cm³/mol. The third-order valence-electron chi connectivity index (χ3n) is 2.77. The largest absolute Gasteiger partial charge is 0.294 e. The van der Waals surface area contributed by atoms with E-state index in [9.17, 15) is 4.79 Å². The molecule has 0 unspecified atom stereocenters. The van der Waals surface area contributed by atoms with Crippen LogP contribution in [0.25, 0.3) is 10.4 Å². The average molecular weight is 244 g/mol. The molecule has 0 bridgehead atoms. The lowest BCUT2D eigenvalue weighted by molar-refractivity contribution is 0.101. The first-order valence-corrected chi connectivity index (χ1v) is 6.61. The van der Waals surface area contributed by atoms with E-state index in [0.29, 0.717) is 5.92 Å². The summed E-state index contributed by atoms with van der Waals surface area (Å²) >= 11 is 1.77. The molecule has 0 saturated carbocycles. The van der Waals surface area contributed by atoms with Gasteiger partial charge in [-0.1, -0.05) is 38.1 Å². The quantitative estimate of drug-likeness (QED) is 0.713. The molecule has 88 valence electrons. The maximum absolute atomic E-state index is 11.6. The van der Waals surface area contributed by atoms with Crippen LogP contribution in [0.5, 0.6) is 0 Å². The van der Waals surface area contributed by atoms with E-state index in [0.717, 1.165) is 11.1 Å². The minimum atomic E-state index is 0.125. The summed E-state index contributed by atoms with van der Waals surface area (Å²) in [5, 5.41) is 0. The summed E-state index contributed by atoms with van der Waals surface area (Å²) in [6, 6.07) is 12.1. The van der Waals surface area contributed by atoms with Crippen LogP contribution in [-0.2, 0) is 0 Å². The molecule has 0 fully saturated rings. The number of rotatable bonds is 3. The number of benzene rings is 1. The number of ketones is 1. The van der Waals surface area contributed by atoms with Crippen molar-refractivity contribution in [3.8, 4) is 10.4 Å². The summed E-state index contributed by atoms with van der Waals surface area (Å²) in [5.74, 6) is 0.665. The molecule has 1 nitrogen and oxygen atoms in total. The fourth-order valence-corrected chi connectivity index (χ4v) is 2.86. The van der Waals surface area contributed by atoms with Crippen LogP contribution in [0.2, 0.25) is 0 Å². The number of carbonyl (C=O) groups excluding carboxylic acids is 1. The molecule has 0 N–H and O–H groups in total. The Labute approximate surface area is 106 Å². The fraction of sp³-hybridized carbons (Fsp3) is 0.267. The van der Waals surface area contributed by atoms with Gasteiger partial charge in [0.1, 0.15) is 0 Å². The third-order valence-corrected chi connectivity index (χ3v) is 4.19. The highest BCUT2D eigenvalue weighted by Crippen LogP contribution is 2.33. The topological polar surface area (TPSA) is 17.1 Å². The zero-order chi connectivity index (χ0) is 12.4. The van der Waals surface area contributed by atoms with Crippen LogP contribution < -0.4 is 0 Å². The number of thiophene rings is 1. The third kappa shape index (κ3) is 2.47. The molecule has 2 heteroatoms. The Morgan fingerprint density at radius 1 is 1.12 bits per heavy atom. The van der Waals surface area contributed by atoms with Crippen LogP contribution >= 0.6 is 11.3 Å². The summed E-state index contributed by atoms with van der Waals surface area (Å²) in [7, 11) is 0. The van der Waals surface area contributed by atoms with E-state index in [1.54, 1.807) is 18.3 Å². The molecule has 0 aliphatic carbocycles. The first-order valence-electron chi connectivity index (χ1n) is 5.79. The van der Waals surface area contributed by atoms with E-state index < -0.39 is 0 Å². The van der Waals surface area contributed by atoms with E-state index in [4.69, 9.17) is 0 Å². The molecule has 1 aromatic carbocycles. The maximum Gasteiger partial charge on any atom is 0.160 e. The second kappa shape index (κ2) is 4.84. The molecule has 0 spiro atoms. The molecule has 17 heavy (non-hydrogen) atoms. The molecule has 0 amide bonds. The number of hydrogen-bond donors (Lipinski definition) is 0. The minimum absolute atomic E-state index is 0.125. The van der Waals surface area contributed by atoms with Gasteiger partial charge in [0.2, 0.25) is 0 Å². The van der Waals surface area contributed by atoms with Crippen molar-refractivity contribution < 1.29 is 4.79 Å². The van der Waals surface area contributed by atoms with Gasteiger partial charge in [-0.2, -0.15) is 0 Å². The van der Waals surface area contributed by atoms with E-state index in [1.807, 2.05) is 24.3 Å². The lowest BCUT2D eigenvalue weighted by Gasteiger charge is -2.04. The van der Waals surface area contributed by atoms with E-state index >= 15 is 0 Å². The molecule has 0 saturated heterocycles. The highest BCUT2D eigenvalue weighted by atomic mass is 32.1. The van der Waals surface area contributed by atoms with Crippen molar-refractivity contribution in [1.82, 2.24) is 0 Å². The van der Waals surface area contributed by atoms with Crippen LogP contribution in [0, 0.1) is 0 Å². The van der Waals surface area contributed by atoms with Crippen molar-refractivity contribution in [2.75, 3.05) is 0 Å². The summed E-state index contributed by atoms with van der Waals surface area (Å²) in [6.07, 6.45) is 0. The van der Waals surface area contributed by atoms with Gasteiger partial charge in [0.25, 0.3) is 0 Å². The molecule has 2 rings (SSSR count). The van der Waals surface area contributed by atoms with Crippen molar-refractivity contribution in [1.29, 1.82) is 0 Å². The summed E-state index contributed by atoms with van der Waals surface area (Å²) in [5.41, 5.74) is 1.86. The molecular formula is C15H16OS. The van der Waals surface area contributed by atoms with Crippen LogP contribution in [-0.4, -0.2) is 5.78 Å². The van der Waals surface area contributed by atoms with Gasteiger partial charge >= 0.3 is 0 Å². The second-order valence-corrected chi connectivity index (χ2v) is 5.57. The Hall–Kier alpha value is -1.41. The molecular weight excluding hydrogens is 228 g/mol. The molecule has 0 radical (unpaired) electrons. The number of carbonyl (C=O) groups is 1. The summed E-state index contributed by atoms with van der Waals surface area (Å²) in [6.45, 7) is 5.99. The minimum Gasteiger partial charge on any atom is -0.294 e. The van der Waals surface area contributed by atoms with Crippen LogP contribution in [0.3, 0.4) is 0 Å². The van der Waals surface area contributed by atoms with Crippen molar-refractivity contribution in [2.24, 2.45) is 0 Å². The standard InChI is InChI=1S/C15H16OS/c1-10(2)14-8-9-15(17-14)13-7-5-4-6-12(13)11(3)16/h4-10H,1-3H3. The smallest absolute Gasteiger partial charge is 0.160 e. The van der Waals surface area contributed by atoms with Gasteiger partial charge in [0, 0.05) is 20.9 Å². The Morgan fingerprint density at radius 2 is 1.82 bits per heavy atom. The lowest BCUT2D eigenvalue weighted by atomic mass is 10.0. The Kier molecular flexibility index (Phi) is 3.43. The van der Waals surface area contributed by atoms with Crippen molar-refractivity contribution in [3.05, 3.63) is 46.8 Å². The molecule has 1 heterocycles. The van der Waals surface area contributed by atoms with Gasteiger partial charge in [-0.3, -0.25) is 4.79 Å². The zero-order valence-corrected chi connectivity index (χ0v) is 11.2. The predicted octanol–water partition coefficient (Wildman–Crippen LogP) is 4.74. The van der Waals surface area contributed by atoms with E-state index in [-0.39, 0.29) is 5.78 Å². The van der Waals surface area contributed by atoms with E-state index in [1.165, 1.54) is 9.75 Å². The van der Waals surface area contributed by atoms with Crippen LogP contribution in [0.4, 0.5) is 0 Å². The van der Waals surface area contributed by atoms with E-state index in [2.05, 4.69) is 26.0 Å². The highest BCUT2D eigenvalue weighted by molar-refractivity contribution is 7.15. The SMILES string of the molecule is CC(=O)c1ccccc1-c1ccc(C(C)C)s1. The molecule has 0 atom stereocenters. The molecule has 0 aliphatic heterocycles. The van der Waals surface area contributed by atoms with Crippen LogP contribution in [0.15, 0.2) is 36.4 Å². The highest BCUT2D eigenvalue weighted by Gasteiger charge is 2.11. The first-order chi connectivity index (χ1) is 8.09. The molecule has 1 aromatic heterocycles. The molecule has 2 aromatic rings. The summed E-state index contributed by atoms with van der Waals surface area (Å²) < 4.78 is 0. The second-order valence-electron chi connectivity index (χ2n) is 4.46. The normalized spacial score (nSPS) is 10.8. The number of hydrogen-bond acceptors (Lipinski definition) is 2. The summed E-state index contributed by atoms with van der Waals surface area (Å²) in [4.78, 5) is 14.1. The van der Waals surface area contributed by atoms with Gasteiger partial charge in [0.15, 0.2) is 5.78 Å². The van der Waals surface area contributed by atoms with Gasteiger partial charge in [-0.15, -0.1) is 11.3 Å². The van der Waals surface area contributed by atoms with Crippen molar-refractivity contribution in [2.45, 2.75) is 26.7 Å². The average Bonchev–Trinajstić information content (AvgIpc) is 2.78. The van der Waals surface area contributed by atoms with Gasteiger partial charge in [0.05, 0.1) is 0 Å².